The van der Waals surface area contributed by atoms with Crippen LogP contribution in [0.4, 0.5) is 4.39 Å². The van der Waals surface area contributed by atoms with E-state index in [1.54, 1.807) is 10.9 Å². The Bertz CT molecular complexity index is 1400. The zero-order chi connectivity index (χ0) is 24.6. The number of halogens is 1. The van der Waals surface area contributed by atoms with E-state index in [0.29, 0.717) is 36.0 Å². The van der Waals surface area contributed by atoms with Gasteiger partial charge < -0.3 is 4.90 Å². The molecule has 0 N–H and O–H groups in total. The molecule has 1 saturated heterocycles. The quantitative estimate of drug-likeness (QED) is 0.418. The molecule has 0 unspecified atom stereocenters. The van der Waals surface area contributed by atoms with Gasteiger partial charge in [-0.3, -0.25) is 9.69 Å². The van der Waals surface area contributed by atoms with E-state index >= 15 is 0 Å². The number of amides is 1. The Morgan fingerprint density at radius 3 is 2.64 bits per heavy atom. The minimum Gasteiger partial charge on any atom is -0.337 e. The normalized spacial score (nSPS) is 16.9. The van der Waals surface area contributed by atoms with Crippen LogP contribution in [0.25, 0.3) is 16.9 Å². The molecule has 3 aromatic heterocycles. The summed E-state index contributed by atoms with van der Waals surface area (Å²) in [5.41, 5.74) is 4.22. The Morgan fingerprint density at radius 1 is 1.06 bits per heavy atom. The number of carbonyl (C=O) groups is 1. The third kappa shape index (κ3) is 4.48. The van der Waals surface area contributed by atoms with Crippen molar-refractivity contribution >= 4 is 16.9 Å². The fourth-order valence-corrected chi connectivity index (χ4v) is 5.05. The number of fused-ring (bicyclic) bond motifs is 1. The number of hydrogen-bond acceptors (Lipinski definition) is 5. The number of aromatic nitrogens is 4. The van der Waals surface area contributed by atoms with Crippen molar-refractivity contribution in [1.82, 2.24) is 29.5 Å². The zero-order valence-corrected chi connectivity index (χ0v) is 20.4. The van der Waals surface area contributed by atoms with Crippen LogP contribution in [0.3, 0.4) is 0 Å². The summed E-state index contributed by atoms with van der Waals surface area (Å²) >= 11 is 0. The van der Waals surface area contributed by atoms with E-state index in [1.165, 1.54) is 12.1 Å². The molecule has 6 rings (SSSR count). The Balaban J connectivity index is 1.29. The van der Waals surface area contributed by atoms with Gasteiger partial charge in [-0.15, -0.1) is 0 Å². The Kier molecular flexibility index (Phi) is 5.97. The van der Waals surface area contributed by atoms with E-state index in [4.69, 9.17) is 10.1 Å². The van der Waals surface area contributed by atoms with Gasteiger partial charge in [0.05, 0.1) is 16.6 Å². The number of nitrogens with zero attached hydrogens (tertiary/aromatic N) is 6. The molecule has 1 aromatic carbocycles. The highest BCUT2D eigenvalue weighted by molar-refractivity contribution is 6.06. The van der Waals surface area contributed by atoms with Crippen molar-refractivity contribution in [2.75, 3.05) is 26.2 Å². The van der Waals surface area contributed by atoms with Gasteiger partial charge in [0, 0.05) is 50.5 Å². The second-order valence-corrected chi connectivity index (χ2v) is 9.80. The Hall–Kier alpha value is -3.65. The van der Waals surface area contributed by atoms with Crippen LogP contribution < -0.4 is 0 Å². The Morgan fingerprint density at radius 2 is 1.89 bits per heavy atom. The number of pyridine rings is 2. The van der Waals surface area contributed by atoms with Crippen molar-refractivity contribution < 1.29 is 9.18 Å². The summed E-state index contributed by atoms with van der Waals surface area (Å²) in [6.45, 7) is 5.72. The third-order valence-electron chi connectivity index (χ3n) is 7.12. The van der Waals surface area contributed by atoms with Gasteiger partial charge >= 0.3 is 0 Å². The smallest absolute Gasteiger partial charge is 0.254 e. The summed E-state index contributed by atoms with van der Waals surface area (Å²) in [5.74, 6) is 0.920. The van der Waals surface area contributed by atoms with Gasteiger partial charge in [-0.1, -0.05) is 18.2 Å². The highest BCUT2D eigenvalue weighted by atomic mass is 19.1. The fraction of sp³-hybridized carbons (Fsp3) is 0.357. The topological polar surface area (TPSA) is 67.2 Å². The van der Waals surface area contributed by atoms with Crippen LogP contribution in [0.15, 0.2) is 54.7 Å². The van der Waals surface area contributed by atoms with E-state index < -0.39 is 0 Å². The molecule has 1 aliphatic heterocycles. The molecule has 0 spiro atoms. The monoisotopic (exact) mass is 484 g/mol. The molecule has 2 fully saturated rings. The van der Waals surface area contributed by atoms with E-state index in [9.17, 15) is 9.18 Å². The molecule has 4 heterocycles. The van der Waals surface area contributed by atoms with Crippen molar-refractivity contribution in [1.29, 1.82) is 0 Å². The lowest BCUT2D eigenvalue weighted by atomic mass is 10.1. The molecule has 1 saturated carbocycles. The van der Waals surface area contributed by atoms with E-state index in [2.05, 4.69) is 9.88 Å². The van der Waals surface area contributed by atoms with Crippen LogP contribution in [0.2, 0.25) is 0 Å². The maximum Gasteiger partial charge on any atom is 0.254 e. The van der Waals surface area contributed by atoms with Crippen molar-refractivity contribution in [2.24, 2.45) is 0 Å². The first-order valence-corrected chi connectivity index (χ1v) is 12.6. The summed E-state index contributed by atoms with van der Waals surface area (Å²) in [7, 11) is 0. The first-order chi connectivity index (χ1) is 17.6. The van der Waals surface area contributed by atoms with Gasteiger partial charge in [-0.25, -0.2) is 14.4 Å². The lowest BCUT2D eigenvalue weighted by molar-refractivity contribution is 0.0763. The molecular formula is C28H29FN6O. The van der Waals surface area contributed by atoms with E-state index in [1.807, 2.05) is 48.2 Å². The third-order valence-corrected chi connectivity index (χ3v) is 7.12. The van der Waals surface area contributed by atoms with Crippen LogP contribution >= 0.6 is 0 Å². The standard InChI is InChI=1S/C28H29FN6O/c1-19-26-23(17-24(21-8-9-21)31-27(26)35(32-19)25-5-2-3-12-30-25)28(36)34-14-4-13-33(15-16-34)18-20-6-10-22(29)11-7-20/h2-3,5-7,10-12,17,21H,4,8-9,13-16,18H2,1H3. The predicted molar refractivity (Wildman–Crippen MR) is 136 cm³/mol. The molecule has 0 bridgehead atoms. The molecule has 1 aliphatic carbocycles. The summed E-state index contributed by atoms with van der Waals surface area (Å²) in [6, 6.07) is 14.4. The van der Waals surface area contributed by atoms with Crippen LogP contribution in [-0.2, 0) is 6.54 Å². The average Bonchev–Trinajstić information content (AvgIpc) is 3.72. The largest absolute Gasteiger partial charge is 0.337 e. The van der Waals surface area contributed by atoms with Gasteiger partial charge in [-0.05, 0) is 62.1 Å². The van der Waals surface area contributed by atoms with Crippen molar-refractivity contribution in [3.05, 3.63) is 83.1 Å². The maximum absolute atomic E-state index is 13.9. The lowest BCUT2D eigenvalue weighted by Crippen LogP contribution is -2.35. The van der Waals surface area contributed by atoms with E-state index in [0.717, 1.165) is 61.2 Å². The summed E-state index contributed by atoms with van der Waals surface area (Å²) in [4.78, 5) is 27.7. The van der Waals surface area contributed by atoms with Gasteiger partial charge in [0.2, 0.25) is 0 Å². The van der Waals surface area contributed by atoms with Gasteiger partial charge in [-0.2, -0.15) is 9.78 Å². The average molecular weight is 485 g/mol. The Labute approximate surface area is 209 Å². The molecule has 1 amide bonds. The minimum absolute atomic E-state index is 0.0385. The highest BCUT2D eigenvalue weighted by Crippen LogP contribution is 2.41. The SMILES string of the molecule is Cc1nn(-c2ccccn2)c2nc(C3CC3)cc(C(=O)N3CCCN(Cc4ccc(F)cc4)CC3)c12. The van der Waals surface area contributed by atoms with Gasteiger partial charge in [0.1, 0.15) is 5.82 Å². The lowest BCUT2D eigenvalue weighted by Gasteiger charge is -2.23. The van der Waals surface area contributed by atoms with Crippen LogP contribution in [0.5, 0.6) is 0 Å². The van der Waals surface area contributed by atoms with Crippen LogP contribution in [0, 0.1) is 12.7 Å². The number of carbonyl (C=O) groups excluding carboxylic acids is 1. The molecule has 2 aliphatic rings. The van der Waals surface area contributed by atoms with Crippen LogP contribution in [-0.4, -0.2) is 61.6 Å². The fourth-order valence-electron chi connectivity index (χ4n) is 5.05. The molecule has 8 heteroatoms. The van der Waals surface area contributed by atoms with Crippen molar-refractivity contribution in [3.63, 3.8) is 0 Å². The molecule has 0 radical (unpaired) electrons. The zero-order valence-electron chi connectivity index (χ0n) is 20.4. The summed E-state index contributed by atoms with van der Waals surface area (Å²) in [5, 5.41) is 5.55. The summed E-state index contributed by atoms with van der Waals surface area (Å²) in [6.07, 6.45) is 4.84. The molecule has 4 aromatic rings. The number of benzene rings is 1. The second kappa shape index (κ2) is 9.43. The summed E-state index contributed by atoms with van der Waals surface area (Å²) < 4.78 is 15.0. The first kappa shape index (κ1) is 22.8. The van der Waals surface area contributed by atoms with Crippen molar-refractivity contribution in [3.8, 4) is 5.82 Å². The molecular weight excluding hydrogens is 455 g/mol. The first-order valence-electron chi connectivity index (χ1n) is 12.6. The highest BCUT2D eigenvalue weighted by Gasteiger charge is 2.31. The predicted octanol–water partition coefficient (Wildman–Crippen LogP) is 4.49. The van der Waals surface area contributed by atoms with Gasteiger partial charge in [0.25, 0.3) is 5.91 Å². The molecule has 7 nitrogen and oxygen atoms in total. The molecule has 36 heavy (non-hydrogen) atoms. The van der Waals surface area contributed by atoms with E-state index in [-0.39, 0.29) is 11.7 Å². The number of rotatable bonds is 5. The number of aryl methyl sites for hydroxylation is 1. The minimum atomic E-state index is -0.220. The van der Waals surface area contributed by atoms with Crippen LogP contribution in [0.1, 0.15) is 52.5 Å². The second-order valence-electron chi connectivity index (χ2n) is 9.80. The van der Waals surface area contributed by atoms with Gasteiger partial charge in [0.15, 0.2) is 11.5 Å². The maximum atomic E-state index is 13.9. The molecule has 0 atom stereocenters. The number of hydrogen-bond donors (Lipinski definition) is 0. The molecule has 184 valence electrons. The van der Waals surface area contributed by atoms with Crippen molar-refractivity contribution in [2.45, 2.75) is 38.6 Å².